The van der Waals surface area contributed by atoms with Gasteiger partial charge in [0.25, 0.3) is 0 Å². The van der Waals surface area contributed by atoms with E-state index in [4.69, 9.17) is 0 Å². The smallest absolute Gasteiger partial charge is 0.307 e. The second kappa shape index (κ2) is 4.86. The van der Waals surface area contributed by atoms with Crippen molar-refractivity contribution < 1.29 is 22.8 Å². The molecular formula is C10H9F3N2O2. The van der Waals surface area contributed by atoms with Crippen molar-refractivity contribution in [2.45, 2.75) is 6.18 Å². The number of alkyl halides is 3. The Morgan fingerprint density at radius 3 is 2.59 bits per heavy atom. The average Bonchev–Trinajstić information content (AvgIpc) is 2.27. The number of carbonyl (C=O) groups is 2. The van der Waals surface area contributed by atoms with Crippen LogP contribution in [0, 0.1) is 0 Å². The fraction of sp³-hybridized carbons (Fsp3) is 0.200. The lowest BCUT2D eigenvalue weighted by Gasteiger charge is -2.12. The highest BCUT2D eigenvalue weighted by molar-refractivity contribution is 5.95. The molecule has 0 aliphatic heterocycles. The Balaban J connectivity index is 2.87. The number of urea groups is 1. The lowest BCUT2D eigenvalue weighted by molar-refractivity contribution is -0.137. The minimum absolute atomic E-state index is 0.0291. The molecule has 4 nitrogen and oxygen atoms in total. The number of benzene rings is 1. The van der Waals surface area contributed by atoms with Crippen LogP contribution in [-0.4, -0.2) is 24.4 Å². The topological polar surface area (TPSA) is 49.4 Å². The molecule has 0 heterocycles. The molecular weight excluding hydrogens is 237 g/mol. The Bertz CT molecular complexity index is 432. The van der Waals surface area contributed by atoms with Crippen molar-refractivity contribution in [3.8, 4) is 0 Å². The lowest BCUT2D eigenvalue weighted by Crippen LogP contribution is -2.29. The van der Waals surface area contributed by atoms with Crippen LogP contribution in [0.4, 0.5) is 23.7 Å². The quantitative estimate of drug-likeness (QED) is 0.814. The van der Waals surface area contributed by atoms with E-state index < -0.39 is 17.8 Å². The predicted octanol–water partition coefficient (Wildman–Crippen LogP) is 2.33. The van der Waals surface area contributed by atoms with Crippen LogP contribution in [0.1, 0.15) is 5.56 Å². The number of nitrogens with one attached hydrogen (secondary N) is 1. The monoisotopic (exact) mass is 246 g/mol. The van der Waals surface area contributed by atoms with E-state index in [9.17, 15) is 22.8 Å². The van der Waals surface area contributed by atoms with Gasteiger partial charge in [-0.15, -0.1) is 0 Å². The molecule has 0 bridgehead atoms. The van der Waals surface area contributed by atoms with E-state index in [2.05, 4.69) is 5.32 Å². The Kier molecular flexibility index (Phi) is 3.72. The van der Waals surface area contributed by atoms with Crippen molar-refractivity contribution in [2.24, 2.45) is 0 Å². The highest BCUT2D eigenvalue weighted by Gasteiger charge is 2.30. The predicted molar refractivity (Wildman–Crippen MR) is 54.3 cm³/mol. The van der Waals surface area contributed by atoms with Crippen LogP contribution in [0.25, 0.3) is 0 Å². The second-order valence-corrected chi connectivity index (χ2v) is 3.23. The van der Waals surface area contributed by atoms with Gasteiger partial charge in [0.1, 0.15) is 0 Å². The molecule has 0 fully saturated rings. The molecule has 17 heavy (non-hydrogen) atoms. The zero-order valence-electron chi connectivity index (χ0n) is 8.78. The highest BCUT2D eigenvalue weighted by Crippen LogP contribution is 2.30. The van der Waals surface area contributed by atoms with Gasteiger partial charge in [-0.05, 0) is 18.2 Å². The van der Waals surface area contributed by atoms with Gasteiger partial charge in [0, 0.05) is 12.7 Å². The molecule has 92 valence electrons. The number of hydrogen-bond donors (Lipinski definition) is 1. The zero-order valence-corrected chi connectivity index (χ0v) is 8.78. The second-order valence-electron chi connectivity index (χ2n) is 3.23. The van der Waals surface area contributed by atoms with Crippen molar-refractivity contribution in [1.82, 2.24) is 4.90 Å². The molecule has 0 radical (unpaired) electrons. The van der Waals surface area contributed by atoms with Gasteiger partial charge in [-0.25, -0.2) is 4.79 Å². The van der Waals surface area contributed by atoms with Crippen LogP contribution in [0.5, 0.6) is 0 Å². The van der Waals surface area contributed by atoms with Gasteiger partial charge in [-0.3, -0.25) is 9.69 Å². The molecule has 3 amide bonds. The first-order chi connectivity index (χ1) is 7.84. The molecule has 0 spiro atoms. The van der Waals surface area contributed by atoms with Gasteiger partial charge >= 0.3 is 12.2 Å². The largest absolute Gasteiger partial charge is 0.416 e. The molecule has 7 heteroatoms. The third-order valence-corrected chi connectivity index (χ3v) is 1.92. The first-order valence-corrected chi connectivity index (χ1v) is 4.51. The molecule has 0 unspecified atom stereocenters. The summed E-state index contributed by atoms with van der Waals surface area (Å²) < 4.78 is 37.1. The van der Waals surface area contributed by atoms with Gasteiger partial charge in [0.2, 0.25) is 6.41 Å². The summed E-state index contributed by atoms with van der Waals surface area (Å²) in [6.45, 7) is 0. The number of anilines is 1. The van der Waals surface area contributed by atoms with Crippen LogP contribution in [-0.2, 0) is 11.0 Å². The summed E-state index contributed by atoms with van der Waals surface area (Å²) in [5, 5.41) is 2.16. The van der Waals surface area contributed by atoms with Crippen LogP contribution < -0.4 is 5.32 Å². The molecule has 0 aliphatic rings. The number of amides is 3. The molecule has 1 aromatic carbocycles. The third kappa shape index (κ3) is 3.47. The summed E-state index contributed by atoms with van der Waals surface area (Å²) in [7, 11) is 1.19. The Hall–Kier alpha value is -2.05. The Morgan fingerprint density at radius 1 is 1.41 bits per heavy atom. The normalized spacial score (nSPS) is 10.8. The summed E-state index contributed by atoms with van der Waals surface area (Å²) in [4.78, 5) is 22.1. The maximum absolute atomic E-state index is 12.4. The minimum atomic E-state index is -4.47. The van der Waals surface area contributed by atoms with E-state index >= 15 is 0 Å². The molecule has 1 N–H and O–H groups in total. The number of halogens is 3. The number of nitrogens with zero attached hydrogens (tertiary/aromatic N) is 1. The SMILES string of the molecule is CN(C=O)C(=O)Nc1cccc(C(F)(F)F)c1. The molecule has 0 saturated heterocycles. The van der Waals surface area contributed by atoms with Gasteiger partial charge in [-0.1, -0.05) is 6.07 Å². The summed E-state index contributed by atoms with van der Waals surface area (Å²) >= 11 is 0. The molecule has 0 saturated carbocycles. The van der Waals surface area contributed by atoms with Crippen LogP contribution >= 0.6 is 0 Å². The zero-order chi connectivity index (χ0) is 13.1. The summed E-state index contributed by atoms with van der Waals surface area (Å²) in [5.74, 6) is 0. The van der Waals surface area contributed by atoms with Crippen molar-refractivity contribution in [2.75, 3.05) is 12.4 Å². The van der Waals surface area contributed by atoms with Crippen molar-refractivity contribution in [3.63, 3.8) is 0 Å². The van der Waals surface area contributed by atoms with Crippen molar-refractivity contribution in [1.29, 1.82) is 0 Å². The number of imide groups is 1. The van der Waals surface area contributed by atoms with Crippen LogP contribution in [0.2, 0.25) is 0 Å². The Morgan fingerprint density at radius 2 is 2.06 bits per heavy atom. The van der Waals surface area contributed by atoms with Gasteiger partial charge in [0.05, 0.1) is 5.56 Å². The minimum Gasteiger partial charge on any atom is -0.307 e. The maximum atomic E-state index is 12.4. The van der Waals surface area contributed by atoms with E-state index in [-0.39, 0.29) is 12.1 Å². The standard InChI is InChI=1S/C10H9F3N2O2/c1-15(6-16)9(17)14-8-4-2-3-7(5-8)10(11,12)13/h2-6H,1H3,(H,14,17). The average molecular weight is 246 g/mol. The molecule has 0 atom stereocenters. The van der Waals surface area contributed by atoms with Gasteiger partial charge in [0.15, 0.2) is 0 Å². The number of carbonyl (C=O) groups excluding carboxylic acids is 2. The number of hydrogen-bond acceptors (Lipinski definition) is 2. The Labute approximate surface area is 95.0 Å². The lowest BCUT2D eigenvalue weighted by atomic mass is 10.2. The highest BCUT2D eigenvalue weighted by atomic mass is 19.4. The molecule has 0 aromatic heterocycles. The maximum Gasteiger partial charge on any atom is 0.416 e. The van der Waals surface area contributed by atoms with Crippen molar-refractivity contribution >= 4 is 18.1 Å². The molecule has 1 rings (SSSR count). The van der Waals surface area contributed by atoms with Gasteiger partial charge < -0.3 is 5.32 Å². The third-order valence-electron chi connectivity index (χ3n) is 1.92. The van der Waals surface area contributed by atoms with Crippen LogP contribution in [0.15, 0.2) is 24.3 Å². The molecule has 0 aliphatic carbocycles. The van der Waals surface area contributed by atoms with E-state index in [1.165, 1.54) is 19.2 Å². The van der Waals surface area contributed by atoms with E-state index in [1.54, 1.807) is 0 Å². The molecule has 1 aromatic rings. The number of rotatable bonds is 2. The summed E-state index contributed by atoms with van der Waals surface area (Å²) in [6.07, 6.45) is -4.22. The fourth-order valence-corrected chi connectivity index (χ4v) is 1.03. The first-order valence-electron chi connectivity index (χ1n) is 4.51. The summed E-state index contributed by atoms with van der Waals surface area (Å²) in [6, 6.07) is 3.33. The van der Waals surface area contributed by atoms with Crippen LogP contribution in [0.3, 0.4) is 0 Å². The van der Waals surface area contributed by atoms with Gasteiger partial charge in [-0.2, -0.15) is 13.2 Å². The summed E-state index contributed by atoms with van der Waals surface area (Å²) in [5.41, 5.74) is -0.900. The van der Waals surface area contributed by atoms with E-state index in [0.29, 0.717) is 4.90 Å². The van der Waals surface area contributed by atoms with E-state index in [0.717, 1.165) is 12.1 Å². The van der Waals surface area contributed by atoms with Crippen molar-refractivity contribution in [3.05, 3.63) is 29.8 Å². The van der Waals surface area contributed by atoms with E-state index in [1.807, 2.05) is 0 Å². The first kappa shape index (κ1) is 13.0. The fourth-order valence-electron chi connectivity index (χ4n) is 1.03.